The summed E-state index contributed by atoms with van der Waals surface area (Å²) in [5, 5.41) is 15.4. The zero-order valence-corrected chi connectivity index (χ0v) is 11.6. The molecule has 3 N–H and O–H groups in total. The van der Waals surface area contributed by atoms with Crippen molar-refractivity contribution in [2.24, 2.45) is 10.8 Å². The average Bonchev–Trinajstić information content (AvgIpc) is 2.79. The summed E-state index contributed by atoms with van der Waals surface area (Å²) in [6, 6.07) is 9.45. The van der Waals surface area contributed by atoms with Crippen molar-refractivity contribution in [1.29, 1.82) is 0 Å². The second-order valence-electron chi connectivity index (χ2n) is 4.67. The van der Waals surface area contributed by atoms with Crippen LogP contribution in [0.1, 0.15) is 23.6 Å². The lowest BCUT2D eigenvalue weighted by Gasteiger charge is -2.40. The number of amidine groups is 1. The van der Waals surface area contributed by atoms with Crippen molar-refractivity contribution in [3.05, 3.63) is 52.4 Å². The zero-order valence-electron chi connectivity index (χ0n) is 10.8. The molecule has 1 aromatic carbocycles. The molecule has 0 saturated heterocycles. The molecule has 1 aromatic heterocycles. The first-order valence-electron chi connectivity index (χ1n) is 6.02. The largest absolute Gasteiger partial charge is 0.362 e. The van der Waals surface area contributed by atoms with E-state index in [1.807, 2.05) is 42.6 Å². The normalized spacial score (nSPS) is 22.1. The maximum atomic E-state index is 11.2. The van der Waals surface area contributed by atoms with Crippen molar-refractivity contribution < 1.29 is 5.11 Å². The Labute approximate surface area is 115 Å². The van der Waals surface area contributed by atoms with Gasteiger partial charge in [-0.25, -0.2) is 10.8 Å². The smallest absolute Gasteiger partial charge is 0.208 e. The Bertz CT molecular complexity index is 650. The van der Waals surface area contributed by atoms with Gasteiger partial charge in [0.25, 0.3) is 0 Å². The number of aliphatic imine (C=N–C) groups is 1. The molecule has 2 heterocycles. The molecule has 0 unspecified atom stereocenters. The molecule has 0 radical (unpaired) electrons. The number of hydrogen-bond acceptors (Lipinski definition) is 5. The standard InChI is InChI=1S/C14H15N3OS/c1-9-8-19-13-12(9)14(18,17(15)10(2)16-13)11-6-4-3-5-7-11/h3-8,18H,15H2,1-2H3/t14-/m0/s1. The maximum absolute atomic E-state index is 11.2. The molecule has 0 aliphatic carbocycles. The molecular weight excluding hydrogens is 258 g/mol. The van der Waals surface area contributed by atoms with Gasteiger partial charge in [-0.2, -0.15) is 0 Å². The molecule has 1 aliphatic rings. The van der Waals surface area contributed by atoms with E-state index in [1.165, 1.54) is 16.3 Å². The molecule has 0 bridgehead atoms. The van der Waals surface area contributed by atoms with E-state index in [2.05, 4.69) is 4.99 Å². The molecule has 3 rings (SSSR count). The van der Waals surface area contributed by atoms with Gasteiger partial charge in [0.15, 0.2) is 0 Å². The molecule has 0 amide bonds. The van der Waals surface area contributed by atoms with Crippen LogP contribution in [0.5, 0.6) is 0 Å². The van der Waals surface area contributed by atoms with E-state index < -0.39 is 5.72 Å². The fourth-order valence-electron chi connectivity index (χ4n) is 2.45. The van der Waals surface area contributed by atoms with Crippen LogP contribution in [0.4, 0.5) is 5.00 Å². The Morgan fingerprint density at radius 3 is 2.63 bits per heavy atom. The van der Waals surface area contributed by atoms with Gasteiger partial charge in [0, 0.05) is 5.56 Å². The number of fused-ring (bicyclic) bond motifs is 1. The van der Waals surface area contributed by atoms with Crippen LogP contribution in [0, 0.1) is 6.92 Å². The number of hydrazine groups is 1. The second-order valence-corrected chi connectivity index (χ2v) is 5.52. The van der Waals surface area contributed by atoms with Crippen molar-refractivity contribution in [2.75, 3.05) is 0 Å². The number of rotatable bonds is 1. The number of aryl methyl sites for hydroxylation is 1. The third kappa shape index (κ3) is 1.63. The van der Waals surface area contributed by atoms with Gasteiger partial charge in [-0.1, -0.05) is 30.3 Å². The van der Waals surface area contributed by atoms with Gasteiger partial charge in [-0.05, 0) is 24.8 Å². The number of benzene rings is 1. The van der Waals surface area contributed by atoms with Gasteiger partial charge in [0.1, 0.15) is 10.8 Å². The van der Waals surface area contributed by atoms with Gasteiger partial charge in [0.2, 0.25) is 5.72 Å². The van der Waals surface area contributed by atoms with E-state index in [1.54, 1.807) is 6.92 Å². The van der Waals surface area contributed by atoms with Crippen LogP contribution in [0.15, 0.2) is 40.7 Å². The van der Waals surface area contributed by atoms with Crippen molar-refractivity contribution >= 4 is 22.2 Å². The van der Waals surface area contributed by atoms with E-state index >= 15 is 0 Å². The molecular formula is C14H15N3OS. The lowest BCUT2D eigenvalue weighted by atomic mass is 9.91. The number of nitrogens with two attached hydrogens (primary N) is 1. The van der Waals surface area contributed by atoms with Crippen molar-refractivity contribution in [3.63, 3.8) is 0 Å². The van der Waals surface area contributed by atoms with Crippen LogP contribution in [-0.2, 0) is 5.72 Å². The lowest BCUT2D eigenvalue weighted by Crippen LogP contribution is -2.55. The molecule has 5 heteroatoms. The van der Waals surface area contributed by atoms with Crippen molar-refractivity contribution in [2.45, 2.75) is 19.6 Å². The van der Waals surface area contributed by atoms with Gasteiger partial charge in [-0.15, -0.1) is 11.3 Å². The van der Waals surface area contributed by atoms with Gasteiger partial charge in [-0.3, -0.25) is 5.01 Å². The predicted octanol–water partition coefficient (Wildman–Crippen LogP) is 2.49. The van der Waals surface area contributed by atoms with E-state index in [0.29, 0.717) is 5.84 Å². The van der Waals surface area contributed by atoms with Gasteiger partial charge < -0.3 is 5.11 Å². The third-order valence-corrected chi connectivity index (χ3v) is 4.43. The van der Waals surface area contributed by atoms with E-state index in [9.17, 15) is 5.11 Å². The van der Waals surface area contributed by atoms with Gasteiger partial charge in [0.05, 0.1) is 5.56 Å². The maximum Gasteiger partial charge on any atom is 0.208 e. The fraction of sp³-hybridized carbons (Fsp3) is 0.214. The Balaban J connectivity index is 2.30. The summed E-state index contributed by atoms with van der Waals surface area (Å²) in [6.45, 7) is 3.76. The predicted molar refractivity (Wildman–Crippen MR) is 77.3 cm³/mol. The summed E-state index contributed by atoms with van der Waals surface area (Å²) in [7, 11) is 0. The van der Waals surface area contributed by atoms with Crippen LogP contribution in [-0.4, -0.2) is 16.0 Å². The molecule has 0 saturated carbocycles. The topological polar surface area (TPSA) is 61.9 Å². The number of hydrogen-bond donors (Lipinski definition) is 2. The first-order valence-corrected chi connectivity index (χ1v) is 6.90. The van der Waals surface area contributed by atoms with Crippen LogP contribution in [0.3, 0.4) is 0 Å². The van der Waals surface area contributed by atoms with Crippen LogP contribution in [0.2, 0.25) is 0 Å². The Hall–Kier alpha value is -1.69. The summed E-state index contributed by atoms with van der Waals surface area (Å²) in [6.07, 6.45) is 0. The highest BCUT2D eigenvalue weighted by molar-refractivity contribution is 7.14. The molecule has 19 heavy (non-hydrogen) atoms. The number of thiophene rings is 1. The molecule has 2 aromatic rings. The molecule has 1 aliphatic heterocycles. The van der Waals surface area contributed by atoms with Crippen LogP contribution in [0.25, 0.3) is 0 Å². The highest BCUT2D eigenvalue weighted by atomic mass is 32.1. The quantitative estimate of drug-likeness (QED) is 0.785. The third-order valence-electron chi connectivity index (χ3n) is 3.44. The molecule has 4 nitrogen and oxygen atoms in total. The summed E-state index contributed by atoms with van der Waals surface area (Å²) >= 11 is 1.53. The highest BCUT2D eigenvalue weighted by Gasteiger charge is 2.44. The molecule has 98 valence electrons. The summed E-state index contributed by atoms with van der Waals surface area (Å²) in [5.74, 6) is 6.69. The Kier molecular flexibility index (Phi) is 2.70. The van der Waals surface area contributed by atoms with Crippen molar-refractivity contribution in [3.8, 4) is 0 Å². The summed E-state index contributed by atoms with van der Waals surface area (Å²) < 4.78 is 0. The SMILES string of the molecule is CC1=Nc2scc(C)c2[C@@](O)(c2ccccc2)N1N. The molecule has 0 spiro atoms. The van der Waals surface area contributed by atoms with Gasteiger partial charge >= 0.3 is 0 Å². The summed E-state index contributed by atoms with van der Waals surface area (Å²) in [5.41, 5.74) is 1.16. The Morgan fingerprint density at radius 1 is 1.26 bits per heavy atom. The number of aliphatic hydroxyl groups is 1. The number of nitrogens with zero attached hydrogens (tertiary/aromatic N) is 2. The monoisotopic (exact) mass is 273 g/mol. The molecule has 1 atom stereocenters. The van der Waals surface area contributed by atoms with E-state index in [0.717, 1.165) is 21.7 Å². The average molecular weight is 273 g/mol. The second kappa shape index (κ2) is 4.16. The first kappa shape index (κ1) is 12.3. The van der Waals surface area contributed by atoms with Crippen LogP contribution >= 0.6 is 11.3 Å². The summed E-state index contributed by atoms with van der Waals surface area (Å²) in [4.78, 5) is 4.44. The lowest BCUT2D eigenvalue weighted by molar-refractivity contribution is -0.0412. The minimum Gasteiger partial charge on any atom is -0.362 e. The molecule has 0 fully saturated rings. The Morgan fingerprint density at radius 2 is 1.95 bits per heavy atom. The van der Waals surface area contributed by atoms with E-state index in [4.69, 9.17) is 5.84 Å². The zero-order chi connectivity index (χ0) is 13.6. The van der Waals surface area contributed by atoms with Crippen molar-refractivity contribution in [1.82, 2.24) is 5.01 Å². The first-order chi connectivity index (χ1) is 9.05. The van der Waals surface area contributed by atoms with Crippen LogP contribution < -0.4 is 5.84 Å². The fourth-order valence-corrected chi connectivity index (χ4v) is 3.46. The van der Waals surface area contributed by atoms with E-state index in [-0.39, 0.29) is 0 Å². The minimum atomic E-state index is -1.35. The minimum absolute atomic E-state index is 0.598. The highest BCUT2D eigenvalue weighted by Crippen LogP contribution is 2.45.